The maximum absolute atomic E-state index is 12.2. The normalized spacial score (nSPS) is 16.5. The van der Waals surface area contributed by atoms with E-state index < -0.39 is 14.7 Å². The van der Waals surface area contributed by atoms with E-state index in [9.17, 15) is 4.79 Å². The number of amides is 1. The average molecular weight is 556 g/mol. The SMILES string of the molecule is COc1ccc(C[As](c2ncc(Cl)c(-c3ccc4c(c3)C(=O)NC4)n2)C2CCOCC2)c(OC)c1. The van der Waals surface area contributed by atoms with Crippen LogP contribution < -0.4 is 19.4 Å². The molecular weight excluding hydrogens is 529 g/mol. The predicted molar refractivity (Wildman–Crippen MR) is 136 cm³/mol. The van der Waals surface area contributed by atoms with Crippen LogP contribution in [0.5, 0.6) is 11.5 Å². The van der Waals surface area contributed by atoms with Crippen LogP contribution >= 0.6 is 11.6 Å². The second kappa shape index (κ2) is 10.6. The zero-order valence-corrected chi connectivity index (χ0v) is 22.3. The van der Waals surface area contributed by atoms with Gasteiger partial charge in [0.25, 0.3) is 0 Å². The molecule has 2 aliphatic rings. The Hall–Kier alpha value is -2.60. The number of rotatable bonds is 7. The molecule has 1 fully saturated rings. The van der Waals surface area contributed by atoms with Gasteiger partial charge in [-0.1, -0.05) is 0 Å². The summed E-state index contributed by atoms with van der Waals surface area (Å²) in [5.74, 6) is 1.52. The topological polar surface area (TPSA) is 82.6 Å². The molecule has 1 unspecified atom stereocenters. The van der Waals surface area contributed by atoms with E-state index in [1.165, 1.54) is 0 Å². The number of fused-ring (bicyclic) bond motifs is 1. The van der Waals surface area contributed by atoms with Crippen LogP contribution in [0, 0.1) is 0 Å². The first-order valence-corrected chi connectivity index (χ1v) is 15.3. The molecule has 3 heterocycles. The summed E-state index contributed by atoms with van der Waals surface area (Å²) in [7, 11) is 3.34. The van der Waals surface area contributed by atoms with Crippen molar-refractivity contribution in [3.05, 3.63) is 64.3 Å². The fourth-order valence-electron chi connectivity index (χ4n) is 4.58. The molecule has 5 rings (SSSR count). The van der Waals surface area contributed by atoms with Gasteiger partial charge in [0.15, 0.2) is 0 Å². The van der Waals surface area contributed by atoms with E-state index in [2.05, 4.69) is 11.4 Å². The van der Waals surface area contributed by atoms with Crippen molar-refractivity contribution in [2.24, 2.45) is 0 Å². The number of methoxy groups -OCH3 is 2. The molecule has 0 spiro atoms. The van der Waals surface area contributed by atoms with Crippen LogP contribution in [0.4, 0.5) is 0 Å². The summed E-state index contributed by atoms with van der Waals surface area (Å²) >= 11 is 4.77. The van der Waals surface area contributed by atoms with Crippen LogP contribution in [0.15, 0.2) is 42.6 Å². The van der Waals surface area contributed by atoms with Gasteiger partial charge in [-0.3, -0.25) is 0 Å². The molecule has 2 aliphatic heterocycles. The standard InChI is InChI=1S/C26H27AsClN3O4/c1-33-20-6-5-17(23(12-20)34-2)13-27(19-7-9-35-10-8-19)26-30-15-22(28)24(31-26)16-3-4-18-14-29-25(32)21(18)11-16/h3-6,11-12,15,19H,7-10,13-14H2,1-2H3,(H,29,32). The van der Waals surface area contributed by atoms with Gasteiger partial charge in [0, 0.05) is 0 Å². The van der Waals surface area contributed by atoms with E-state index in [-0.39, 0.29) is 5.91 Å². The molecule has 7 nitrogen and oxygen atoms in total. The average Bonchev–Trinajstić information content (AvgIpc) is 3.28. The monoisotopic (exact) mass is 555 g/mol. The summed E-state index contributed by atoms with van der Waals surface area (Å²) in [6.45, 7) is 2.08. The second-order valence-electron chi connectivity index (χ2n) is 8.57. The van der Waals surface area contributed by atoms with Crippen LogP contribution in [0.2, 0.25) is 9.73 Å². The van der Waals surface area contributed by atoms with Gasteiger partial charge >= 0.3 is 215 Å². The summed E-state index contributed by atoms with van der Waals surface area (Å²) in [6, 6.07) is 11.8. The minimum absolute atomic E-state index is 0.0613. The molecule has 1 saturated heterocycles. The number of carbonyl (C=O) groups excluding carboxylic acids is 1. The van der Waals surface area contributed by atoms with Crippen molar-refractivity contribution in [2.45, 2.75) is 29.3 Å². The van der Waals surface area contributed by atoms with Crippen molar-refractivity contribution < 1.29 is 19.0 Å². The van der Waals surface area contributed by atoms with Crippen LogP contribution in [-0.2, 0) is 16.5 Å². The van der Waals surface area contributed by atoms with Gasteiger partial charge in [-0.2, -0.15) is 0 Å². The van der Waals surface area contributed by atoms with Crippen LogP contribution in [0.1, 0.15) is 34.3 Å². The van der Waals surface area contributed by atoms with Crippen molar-refractivity contribution >= 4 is 36.8 Å². The molecule has 3 aromatic rings. The predicted octanol–water partition coefficient (Wildman–Crippen LogP) is 3.72. The minimum atomic E-state index is -1.82. The molecule has 2 aromatic carbocycles. The van der Waals surface area contributed by atoms with Crippen LogP contribution in [-0.4, -0.2) is 58.0 Å². The summed E-state index contributed by atoms with van der Waals surface area (Å²) in [5.41, 5.74) is 4.31. The first-order chi connectivity index (χ1) is 17.1. The Labute approximate surface area is 214 Å². The van der Waals surface area contributed by atoms with Crippen molar-refractivity contribution in [3.63, 3.8) is 0 Å². The Morgan fingerprint density at radius 1 is 1.14 bits per heavy atom. The molecule has 35 heavy (non-hydrogen) atoms. The first kappa shape index (κ1) is 24.1. The molecule has 0 bridgehead atoms. The Morgan fingerprint density at radius 3 is 2.74 bits per heavy atom. The third-order valence-electron chi connectivity index (χ3n) is 6.52. The van der Waals surface area contributed by atoms with E-state index in [1.54, 1.807) is 20.4 Å². The van der Waals surface area contributed by atoms with Crippen molar-refractivity contribution in [3.8, 4) is 22.8 Å². The van der Waals surface area contributed by atoms with Crippen LogP contribution in [0.3, 0.4) is 0 Å². The second-order valence-corrected chi connectivity index (χ2v) is 14.0. The zero-order chi connectivity index (χ0) is 24.4. The molecule has 182 valence electrons. The number of aromatic nitrogens is 2. The number of ether oxygens (including phenoxy) is 3. The number of halogens is 1. The van der Waals surface area contributed by atoms with Gasteiger partial charge in [0.1, 0.15) is 0 Å². The fraction of sp³-hybridized carbons (Fsp3) is 0.346. The Balaban J connectivity index is 1.54. The molecule has 0 saturated carbocycles. The molecule has 0 radical (unpaired) electrons. The summed E-state index contributed by atoms with van der Waals surface area (Å²) < 4.78 is 18.1. The van der Waals surface area contributed by atoms with E-state index in [0.29, 0.717) is 27.5 Å². The van der Waals surface area contributed by atoms with Gasteiger partial charge in [-0.05, 0) is 0 Å². The molecule has 0 aliphatic carbocycles. The quantitative estimate of drug-likeness (QED) is 0.448. The van der Waals surface area contributed by atoms with Gasteiger partial charge in [0.2, 0.25) is 0 Å². The van der Waals surface area contributed by atoms with Gasteiger partial charge < -0.3 is 0 Å². The number of benzene rings is 2. The van der Waals surface area contributed by atoms with E-state index in [4.69, 9.17) is 35.8 Å². The molecule has 1 amide bonds. The van der Waals surface area contributed by atoms with Crippen molar-refractivity contribution in [2.75, 3.05) is 27.4 Å². The number of nitrogens with one attached hydrogen (secondary N) is 1. The fourth-order valence-corrected chi connectivity index (χ4v) is 10.3. The molecule has 1 aromatic heterocycles. The number of hydrogen-bond acceptors (Lipinski definition) is 6. The Morgan fingerprint density at radius 2 is 1.97 bits per heavy atom. The van der Waals surface area contributed by atoms with Crippen molar-refractivity contribution in [1.29, 1.82) is 0 Å². The van der Waals surface area contributed by atoms with E-state index >= 15 is 0 Å². The number of nitrogens with zero attached hydrogens (tertiary/aromatic N) is 2. The summed E-state index contributed by atoms with van der Waals surface area (Å²) in [5, 5.41) is 4.21. The maximum atomic E-state index is 12.2. The number of hydrogen-bond donors (Lipinski definition) is 1. The summed E-state index contributed by atoms with van der Waals surface area (Å²) in [4.78, 5) is 22.0. The Bertz CT molecular complexity index is 1250. The number of carbonyl (C=O) groups is 1. The van der Waals surface area contributed by atoms with Crippen LogP contribution in [0.25, 0.3) is 11.3 Å². The van der Waals surface area contributed by atoms with E-state index in [0.717, 1.165) is 64.1 Å². The third kappa shape index (κ3) is 5.04. The Kier molecular flexibility index (Phi) is 7.28. The molecule has 1 N–H and O–H groups in total. The molecular formula is C26H27AsClN3O4. The van der Waals surface area contributed by atoms with Gasteiger partial charge in [-0.15, -0.1) is 0 Å². The van der Waals surface area contributed by atoms with Crippen molar-refractivity contribution in [1.82, 2.24) is 15.3 Å². The van der Waals surface area contributed by atoms with Gasteiger partial charge in [-0.25, -0.2) is 0 Å². The molecule has 9 heteroatoms. The summed E-state index contributed by atoms with van der Waals surface area (Å²) in [6.07, 6.45) is 3.70. The van der Waals surface area contributed by atoms with E-state index in [1.807, 2.05) is 30.3 Å². The molecule has 1 atom stereocenters. The van der Waals surface area contributed by atoms with Gasteiger partial charge in [0.05, 0.1) is 0 Å². The zero-order valence-electron chi connectivity index (χ0n) is 19.7. The third-order valence-corrected chi connectivity index (χ3v) is 12.7. The first-order valence-electron chi connectivity index (χ1n) is 11.6.